The maximum Gasteiger partial charge on any atom is 0.208 e. The third kappa shape index (κ3) is 2.29. The van der Waals surface area contributed by atoms with Crippen molar-refractivity contribution in [3.05, 3.63) is 54.2 Å². The molecule has 0 fully saturated rings. The van der Waals surface area contributed by atoms with Gasteiger partial charge in [0.15, 0.2) is 0 Å². The van der Waals surface area contributed by atoms with Crippen LogP contribution in [-0.4, -0.2) is 20.5 Å². The molecule has 0 amide bonds. The zero-order valence-electron chi connectivity index (χ0n) is 11.8. The summed E-state index contributed by atoms with van der Waals surface area (Å²) in [6.45, 7) is 1.92. The second-order valence-electron chi connectivity index (χ2n) is 4.88. The third-order valence-electron chi connectivity index (χ3n) is 3.47. The molecular weight excluding hydrogens is 286 g/mol. The Morgan fingerprint density at radius 3 is 2.43 bits per heavy atom. The minimum absolute atomic E-state index is 0.281. The van der Waals surface area contributed by atoms with Crippen LogP contribution in [0, 0.1) is 6.92 Å². The fraction of sp³-hybridized carbons (Fsp3) is 0.125. The lowest BCUT2D eigenvalue weighted by atomic mass is 10.2. The first-order chi connectivity index (χ1) is 10.0. The average Bonchev–Trinajstić information content (AvgIpc) is 2.91. The Balaban J connectivity index is 2.17. The van der Waals surface area contributed by atoms with E-state index in [2.05, 4.69) is 4.98 Å². The Labute approximate surface area is 123 Å². The highest BCUT2D eigenvalue weighted by molar-refractivity contribution is 7.91. The van der Waals surface area contributed by atoms with Crippen molar-refractivity contribution in [1.82, 2.24) is 4.98 Å². The van der Waals surface area contributed by atoms with Gasteiger partial charge >= 0.3 is 0 Å². The molecule has 4 nitrogen and oxygen atoms in total. The molecule has 0 atom stereocenters. The molecule has 0 aliphatic heterocycles. The van der Waals surface area contributed by atoms with Gasteiger partial charge in [-0.2, -0.15) is 0 Å². The number of hydrogen-bond acceptors (Lipinski definition) is 3. The number of sulfone groups is 1. The highest BCUT2D eigenvalue weighted by Gasteiger charge is 2.21. The van der Waals surface area contributed by atoms with E-state index in [-0.39, 0.29) is 4.90 Å². The summed E-state index contributed by atoms with van der Waals surface area (Å²) in [5.74, 6) is 0.684. The second kappa shape index (κ2) is 4.93. The molecule has 0 saturated carbocycles. The van der Waals surface area contributed by atoms with Crippen LogP contribution in [0.4, 0.5) is 0 Å². The number of methoxy groups -OCH3 is 1. The Kier molecular flexibility index (Phi) is 3.22. The summed E-state index contributed by atoms with van der Waals surface area (Å²) in [6.07, 6.45) is 1.53. The lowest BCUT2D eigenvalue weighted by Gasteiger charge is -2.04. The van der Waals surface area contributed by atoms with Gasteiger partial charge in [-0.3, -0.25) is 0 Å². The van der Waals surface area contributed by atoms with Crippen LogP contribution in [0.5, 0.6) is 5.75 Å². The van der Waals surface area contributed by atoms with E-state index >= 15 is 0 Å². The van der Waals surface area contributed by atoms with Crippen molar-refractivity contribution in [2.45, 2.75) is 16.7 Å². The number of H-pyrrole nitrogens is 1. The molecule has 2 aromatic carbocycles. The van der Waals surface area contributed by atoms with Crippen molar-refractivity contribution >= 4 is 20.7 Å². The Morgan fingerprint density at radius 1 is 1.05 bits per heavy atom. The van der Waals surface area contributed by atoms with E-state index in [9.17, 15) is 8.42 Å². The maximum absolute atomic E-state index is 12.7. The van der Waals surface area contributed by atoms with Crippen molar-refractivity contribution in [3.8, 4) is 5.75 Å². The molecule has 1 aromatic heterocycles. The first-order valence-electron chi connectivity index (χ1n) is 6.49. The standard InChI is InChI=1S/C16H15NO3S/c1-11-3-6-13(7-4-11)21(18,19)16-10-17-15-9-12(20-2)5-8-14(15)16/h3-10,17H,1-2H3. The van der Waals surface area contributed by atoms with Gasteiger partial charge < -0.3 is 9.72 Å². The van der Waals surface area contributed by atoms with Crippen molar-refractivity contribution in [3.63, 3.8) is 0 Å². The predicted octanol–water partition coefficient (Wildman–Crippen LogP) is 3.32. The first-order valence-corrected chi connectivity index (χ1v) is 7.97. The van der Waals surface area contributed by atoms with Gasteiger partial charge in [0, 0.05) is 17.6 Å². The van der Waals surface area contributed by atoms with Crippen molar-refractivity contribution in [2.24, 2.45) is 0 Å². The maximum atomic E-state index is 12.7. The molecule has 108 valence electrons. The number of nitrogens with one attached hydrogen (secondary N) is 1. The topological polar surface area (TPSA) is 59.2 Å². The normalized spacial score (nSPS) is 11.7. The Bertz CT molecular complexity index is 893. The molecular formula is C16H15NO3S. The summed E-state index contributed by atoms with van der Waals surface area (Å²) >= 11 is 0. The van der Waals surface area contributed by atoms with E-state index < -0.39 is 9.84 Å². The number of hydrogen-bond donors (Lipinski definition) is 1. The second-order valence-corrected chi connectivity index (χ2v) is 6.80. The number of benzene rings is 2. The number of aromatic amines is 1. The molecule has 0 aliphatic rings. The molecule has 1 heterocycles. The van der Waals surface area contributed by atoms with Gasteiger partial charge in [0.1, 0.15) is 5.75 Å². The summed E-state index contributed by atoms with van der Waals surface area (Å²) in [5.41, 5.74) is 1.76. The third-order valence-corrected chi connectivity index (χ3v) is 5.28. The fourth-order valence-electron chi connectivity index (χ4n) is 2.27. The molecule has 0 bridgehead atoms. The van der Waals surface area contributed by atoms with Gasteiger partial charge in [0.05, 0.1) is 22.4 Å². The molecule has 21 heavy (non-hydrogen) atoms. The quantitative estimate of drug-likeness (QED) is 0.807. The lowest BCUT2D eigenvalue weighted by molar-refractivity contribution is 0.415. The summed E-state index contributed by atoms with van der Waals surface area (Å²) in [6, 6.07) is 12.1. The van der Waals surface area contributed by atoms with Crippen LogP contribution in [0.25, 0.3) is 10.9 Å². The number of aromatic nitrogens is 1. The van der Waals surface area contributed by atoms with Gasteiger partial charge in [0.2, 0.25) is 9.84 Å². The predicted molar refractivity (Wildman–Crippen MR) is 81.5 cm³/mol. The molecule has 3 aromatic rings. The fourth-order valence-corrected chi connectivity index (χ4v) is 3.70. The first kappa shape index (κ1) is 13.7. The minimum atomic E-state index is -3.53. The van der Waals surface area contributed by atoms with E-state index in [1.807, 2.05) is 6.92 Å². The van der Waals surface area contributed by atoms with Crippen molar-refractivity contribution < 1.29 is 13.2 Å². The molecule has 0 saturated heterocycles. The number of aryl methyl sites for hydroxylation is 1. The van der Waals surface area contributed by atoms with Crippen LogP contribution in [0.1, 0.15) is 5.56 Å². The summed E-state index contributed by atoms with van der Waals surface area (Å²) in [7, 11) is -1.95. The molecule has 0 radical (unpaired) electrons. The number of rotatable bonds is 3. The van der Waals surface area contributed by atoms with Gasteiger partial charge in [-0.25, -0.2) is 8.42 Å². The van der Waals surface area contributed by atoms with Gasteiger partial charge in [-0.1, -0.05) is 17.7 Å². The SMILES string of the molecule is COc1ccc2c(S(=O)(=O)c3ccc(C)cc3)c[nH]c2c1. The van der Waals surface area contributed by atoms with Crippen molar-refractivity contribution in [2.75, 3.05) is 7.11 Å². The van der Waals surface area contributed by atoms with Crippen LogP contribution in [0.2, 0.25) is 0 Å². The van der Waals surface area contributed by atoms with Crippen molar-refractivity contribution in [1.29, 1.82) is 0 Å². The van der Waals surface area contributed by atoms with E-state index in [1.165, 1.54) is 6.20 Å². The zero-order valence-corrected chi connectivity index (χ0v) is 12.6. The number of ether oxygens (including phenoxy) is 1. The molecule has 0 unspecified atom stereocenters. The van der Waals surface area contributed by atoms with Gasteiger partial charge in [-0.05, 0) is 31.2 Å². The molecule has 5 heteroatoms. The smallest absolute Gasteiger partial charge is 0.208 e. The minimum Gasteiger partial charge on any atom is -0.497 e. The van der Waals surface area contributed by atoms with Crippen LogP contribution < -0.4 is 4.74 Å². The van der Waals surface area contributed by atoms with Crippen LogP contribution in [0.3, 0.4) is 0 Å². The van der Waals surface area contributed by atoms with Gasteiger partial charge in [0.25, 0.3) is 0 Å². The van der Waals surface area contributed by atoms with Crippen LogP contribution in [-0.2, 0) is 9.84 Å². The monoisotopic (exact) mass is 301 g/mol. The molecule has 0 aliphatic carbocycles. The van der Waals surface area contributed by atoms with Crippen LogP contribution in [0.15, 0.2) is 58.5 Å². The average molecular weight is 301 g/mol. The van der Waals surface area contributed by atoms with E-state index in [4.69, 9.17) is 4.74 Å². The summed E-state index contributed by atoms with van der Waals surface area (Å²) in [4.78, 5) is 3.57. The molecule has 3 rings (SSSR count). The van der Waals surface area contributed by atoms with Gasteiger partial charge in [-0.15, -0.1) is 0 Å². The van der Waals surface area contributed by atoms with E-state index in [1.54, 1.807) is 49.6 Å². The Hall–Kier alpha value is -2.27. The zero-order chi connectivity index (χ0) is 15.0. The Morgan fingerprint density at radius 2 is 1.76 bits per heavy atom. The lowest BCUT2D eigenvalue weighted by Crippen LogP contribution is -2.01. The van der Waals surface area contributed by atoms with E-state index in [0.717, 1.165) is 11.1 Å². The van der Waals surface area contributed by atoms with E-state index in [0.29, 0.717) is 16.0 Å². The highest BCUT2D eigenvalue weighted by atomic mass is 32.2. The molecule has 0 spiro atoms. The summed E-state index contributed by atoms with van der Waals surface area (Å²) in [5, 5.41) is 0.663. The largest absolute Gasteiger partial charge is 0.497 e. The van der Waals surface area contributed by atoms with Crippen LogP contribution >= 0.6 is 0 Å². The molecule has 1 N–H and O–H groups in total. The highest BCUT2D eigenvalue weighted by Crippen LogP contribution is 2.30. The summed E-state index contributed by atoms with van der Waals surface area (Å²) < 4.78 is 30.6. The number of fused-ring (bicyclic) bond motifs is 1.